The molecule has 0 radical (unpaired) electrons. The van der Waals surface area contributed by atoms with Gasteiger partial charge in [-0.1, -0.05) is 33.8 Å². The van der Waals surface area contributed by atoms with Gasteiger partial charge in [-0.3, -0.25) is 0 Å². The first-order chi connectivity index (χ1) is 11.2. The van der Waals surface area contributed by atoms with Crippen molar-refractivity contribution >= 4 is 45.3 Å². The summed E-state index contributed by atoms with van der Waals surface area (Å²) in [6.45, 7) is 19.7. The fourth-order valence-corrected chi connectivity index (χ4v) is 2.80. The summed E-state index contributed by atoms with van der Waals surface area (Å²) in [7, 11) is 0. The summed E-state index contributed by atoms with van der Waals surface area (Å²) in [6.07, 6.45) is 0. The number of halogens is 2. The number of nitrogens with zero attached hydrogens (tertiary/aromatic N) is 2. The summed E-state index contributed by atoms with van der Waals surface area (Å²) < 4.78 is 0. The summed E-state index contributed by atoms with van der Waals surface area (Å²) in [6, 6.07) is 6.48. The zero-order valence-electron chi connectivity index (χ0n) is 16.6. The number of hydrogen-bond acceptors (Lipinski definition) is 4. The normalized spacial score (nSPS) is 10.4. The quantitative estimate of drug-likeness (QED) is 0.454. The third kappa shape index (κ3) is 9.83. The fraction of sp³-hybridized carbons (Fsp3) is 0.684. The van der Waals surface area contributed by atoms with E-state index in [1.807, 2.05) is 0 Å². The standard InChI is InChI=1S/C19H36N4.2BrH/c1-6-22(7-2)15-13-20-18-11-10-12-19(17(18)5)21-14-16-23(8-3)9-4;;/h10-12,20-21H,6-9,13-16H2,1-5H3;2*1H. The second-order valence-electron chi connectivity index (χ2n) is 5.89. The Bertz CT molecular complexity index is 399. The van der Waals surface area contributed by atoms with E-state index >= 15 is 0 Å². The highest BCUT2D eigenvalue weighted by atomic mass is 79.9. The van der Waals surface area contributed by atoms with Gasteiger partial charge in [0.2, 0.25) is 0 Å². The van der Waals surface area contributed by atoms with Crippen LogP contribution in [0.15, 0.2) is 18.2 Å². The summed E-state index contributed by atoms with van der Waals surface area (Å²) >= 11 is 0. The number of anilines is 2. The van der Waals surface area contributed by atoms with Crippen LogP contribution in [0.2, 0.25) is 0 Å². The van der Waals surface area contributed by atoms with Crippen molar-refractivity contribution in [1.29, 1.82) is 0 Å². The Labute approximate surface area is 176 Å². The van der Waals surface area contributed by atoms with Gasteiger partial charge in [-0.05, 0) is 50.8 Å². The monoisotopic (exact) mass is 480 g/mol. The van der Waals surface area contributed by atoms with Gasteiger partial charge in [0.15, 0.2) is 0 Å². The molecule has 0 aliphatic rings. The number of hydrogen-bond donors (Lipinski definition) is 2. The molecular formula is C19H38Br2N4. The largest absolute Gasteiger partial charge is 0.383 e. The molecule has 0 heterocycles. The van der Waals surface area contributed by atoms with Gasteiger partial charge in [-0.15, -0.1) is 34.0 Å². The van der Waals surface area contributed by atoms with E-state index in [9.17, 15) is 0 Å². The maximum Gasteiger partial charge on any atom is 0.0391 e. The van der Waals surface area contributed by atoms with E-state index in [4.69, 9.17) is 0 Å². The lowest BCUT2D eigenvalue weighted by molar-refractivity contribution is 0.316. The smallest absolute Gasteiger partial charge is 0.0391 e. The Morgan fingerprint density at radius 3 is 1.40 bits per heavy atom. The average molecular weight is 482 g/mol. The molecule has 0 aliphatic heterocycles. The Morgan fingerprint density at radius 1 is 0.720 bits per heavy atom. The first-order valence-corrected chi connectivity index (χ1v) is 9.18. The first-order valence-electron chi connectivity index (χ1n) is 9.18. The van der Waals surface area contributed by atoms with Gasteiger partial charge < -0.3 is 20.4 Å². The van der Waals surface area contributed by atoms with Gasteiger partial charge in [-0.25, -0.2) is 0 Å². The zero-order chi connectivity index (χ0) is 17.1. The third-order valence-electron chi connectivity index (χ3n) is 4.61. The number of benzene rings is 1. The molecule has 1 aromatic carbocycles. The maximum atomic E-state index is 3.58. The molecule has 0 unspecified atom stereocenters. The van der Waals surface area contributed by atoms with Gasteiger partial charge in [0.25, 0.3) is 0 Å². The number of rotatable bonds is 12. The minimum atomic E-state index is 0. The molecular weight excluding hydrogens is 444 g/mol. The van der Waals surface area contributed by atoms with E-state index in [0.717, 1.165) is 52.4 Å². The molecule has 0 fully saturated rings. The summed E-state index contributed by atoms with van der Waals surface area (Å²) in [4.78, 5) is 4.88. The molecule has 2 N–H and O–H groups in total. The second kappa shape index (κ2) is 15.9. The molecule has 0 atom stereocenters. The van der Waals surface area contributed by atoms with Gasteiger partial charge in [-0.2, -0.15) is 0 Å². The highest BCUT2D eigenvalue weighted by molar-refractivity contribution is 8.93. The van der Waals surface area contributed by atoms with Crippen molar-refractivity contribution in [2.75, 3.05) is 63.0 Å². The van der Waals surface area contributed by atoms with Crippen LogP contribution in [0.5, 0.6) is 0 Å². The van der Waals surface area contributed by atoms with Crippen LogP contribution in [-0.2, 0) is 0 Å². The lowest BCUT2D eigenvalue weighted by atomic mass is 10.1. The van der Waals surface area contributed by atoms with Crippen LogP contribution in [0.25, 0.3) is 0 Å². The second-order valence-corrected chi connectivity index (χ2v) is 5.89. The SMILES string of the molecule is Br.Br.CCN(CC)CCNc1cccc(NCCN(CC)CC)c1C. The molecule has 0 spiro atoms. The molecule has 6 heteroatoms. The highest BCUT2D eigenvalue weighted by Gasteiger charge is 2.05. The molecule has 0 aromatic heterocycles. The molecule has 0 amide bonds. The molecule has 0 bridgehead atoms. The van der Waals surface area contributed by atoms with E-state index < -0.39 is 0 Å². The van der Waals surface area contributed by atoms with Crippen molar-refractivity contribution in [1.82, 2.24) is 9.80 Å². The molecule has 1 aromatic rings. The van der Waals surface area contributed by atoms with Crippen LogP contribution >= 0.6 is 34.0 Å². The van der Waals surface area contributed by atoms with Crippen molar-refractivity contribution in [3.8, 4) is 0 Å². The molecule has 148 valence electrons. The topological polar surface area (TPSA) is 30.5 Å². The van der Waals surface area contributed by atoms with Crippen molar-refractivity contribution < 1.29 is 0 Å². The van der Waals surface area contributed by atoms with Crippen LogP contribution in [-0.4, -0.2) is 62.2 Å². The lowest BCUT2D eigenvalue weighted by Gasteiger charge is -2.21. The molecule has 4 nitrogen and oxygen atoms in total. The Balaban J connectivity index is 0. The van der Waals surface area contributed by atoms with Crippen LogP contribution in [0.4, 0.5) is 11.4 Å². The van der Waals surface area contributed by atoms with Gasteiger partial charge >= 0.3 is 0 Å². The average Bonchev–Trinajstić information content (AvgIpc) is 2.58. The molecule has 0 saturated heterocycles. The van der Waals surface area contributed by atoms with Crippen LogP contribution < -0.4 is 10.6 Å². The Hall–Kier alpha value is -0.300. The molecule has 0 saturated carbocycles. The summed E-state index contributed by atoms with van der Waals surface area (Å²) in [5.41, 5.74) is 3.79. The van der Waals surface area contributed by atoms with E-state index in [0.29, 0.717) is 0 Å². The van der Waals surface area contributed by atoms with Crippen molar-refractivity contribution in [2.24, 2.45) is 0 Å². The van der Waals surface area contributed by atoms with Crippen molar-refractivity contribution in [2.45, 2.75) is 34.6 Å². The van der Waals surface area contributed by atoms with E-state index in [-0.39, 0.29) is 34.0 Å². The van der Waals surface area contributed by atoms with E-state index in [2.05, 4.69) is 73.3 Å². The predicted molar refractivity (Wildman–Crippen MR) is 124 cm³/mol. The number of nitrogens with one attached hydrogen (secondary N) is 2. The molecule has 0 aliphatic carbocycles. The van der Waals surface area contributed by atoms with Crippen molar-refractivity contribution in [3.63, 3.8) is 0 Å². The third-order valence-corrected chi connectivity index (χ3v) is 4.61. The zero-order valence-corrected chi connectivity index (χ0v) is 20.0. The summed E-state index contributed by atoms with van der Waals surface area (Å²) in [5.74, 6) is 0. The molecule has 25 heavy (non-hydrogen) atoms. The Kier molecular flexibility index (Phi) is 17.1. The van der Waals surface area contributed by atoms with Crippen LogP contribution in [0, 0.1) is 6.92 Å². The van der Waals surface area contributed by atoms with Gasteiger partial charge in [0, 0.05) is 37.6 Å². The van der Waals surface area contributed by atoms with Gasteiger partial charge in [0.05, 0.1) is 0 Å². The minimum absolute atomic E-state index is 0. The fourth-order valence-electron chi connectivity index (χ4n) is 2.80. The highest BCUT2D eigenvalue weighted by Crippen LogP contribution is 2.23. The van der Waals surface area contributed by atoms with Crippen LogP contribution in [0.3, 0.4) is 0 Å². The van der Waals surface area contributed by atoms with E-state index in [1.165, 1.54) is 16.9 Å². The van der Waals surface area contributed by atoms with Crippen LogP contribution in [0.1, 0.15) is 33.3 Å². The predicted octanol–water partition coefficient (Wildman–Crippen LogP) is 4.66. The molecule has 1 rings (SSSR count). The Morgan fingerprint density at radius 2 is 1.08 bits per heavy atom. The van der Waals surface area contributed by atoms with Gasteiger partial charge in [0.1, 0.15) is 0 Å². The lowest BCUT2D eigenvalue weighted by Crippen LogP contribution is -2.29. The minimum Gasteiger partial charge on any atom is -0.383 e. The number of likely N-dealkylation sites (N-methyl/N-ethyl adjacent to an activating group) is 2. The summed E-state index contributed by atoms with van der Waals surface area (Å²) in [5, 5.41) is 7.16. The van der Waals surface area contributed by atoms with Crippen molar-refractivity contribution in [3.05, 3.63) is 23.8 Å². The first kappa shape index (κ1) is 26.9. The van der Waals surface area contributed by atoms with E-state index in [1.54, 1.807) is 0 Å². The maximum absolute atomic E-state index is 3.58.